The van der Waals surface area contributed by atoms with Gasteiger partial charge in [-0.1, -0.05) is 168 Å². The van der Waals surface area contributed by atoms with Gasteiger partial charge in [0.05, 0.1) is 5.69 Å². The summed E-state index contributed by atoms with van der Waals surface area (Å²) in [6.07, 6.45) is 0. The van der Waals surface area contributed by atoms with Crippen molar-refractivity contribution in [3.63, 3.8) is 0 Å². The Morgan fingerprint density at radius 3 is 1.62 bits per heavy atom. The van der Waals surface area contributed by atoms with Gasteiger partial charge in [-0.05, 0) is 114 Å². The van der Waals surface area contributed by atoms with E-state index in [9.17, 15) is 0 Å². The predicted molar refractivity (Wildman–Crippen MR) is 258 cm³/mol. The average Bonchev–Trinajstić information content (AvgIpc) is 3.86. The lowest BCUT2D eigenvalue weighted by atomic mass is 9.79. The van der Waals surface area contributed by atoms with Crippen LogP contribution in [0.15, 0.2) is 132 Å². The molecule has 0 unspecified atom stereocenters. The molecule has 0 bridgehead atoms. The largest absolute Gasteiger partial charge is 0.455 e. The molecule has 3 aliphatic rings. The van der Waals surface area contributed by atoms with Crippen LogP contribution >= 0.6 is 0 Å². The maximum atomic E-state index is 7.19. The summed E-state index contributed by atoms with van der Waals surface area (Å²) in [4.78, 5) is 2.55. The summed E-state index contributed by atoms with van der Waals surface area (Å²) >= 11 is 0. The zero-order valence-electron chi connectivity index (χ0n) is 38.0. The van der Waals surface area contributed by atoms with Crippen LogP contribution in [-0.4, -0.2) is 0 Å². The van der Waals surface area contributed by atoms with Crippen LogP contribution in [0.3, 0.4) is 0 Å². The molecule has 7 aromatic carbocycles. The molecule has 0 aliphatic heterocycles. The van der Waals surface area contributed by atoms with E-state index in [2.05, 4.69) is 215 Å². The molecule has 0 radical (unpaired) electrons. The SMILES string of the molecule is CC(C)(C)c1cc(C(C)(C)C)c2oc3c4c(ccc3c2c1)-c1ccc(N(c2ccc3c(c2)C(C)(C)c2ccccc2-3)c2cccc3c2-c2ccccc2C3(C)C)cc1C4(C)C. The summed E-state index contributed by atoms with van der Waals surface area (Å²) in [7, 11) is 0. The molecule has 1 aromatic heterocycles. The minimum absolute atomic E-state index is 0.0154. The van der Waals surface area contributed by atoms with E-state index in [0.29, 0.717) is 0 Å². The normalized spacial score (nSPS) is 16.3. The first-order valence-corrected chi connectivity index (χ1v) is 22.3. The lowest BCUT2D eigenvalue weighted by Gasteiger charge is -2.31. The molecule has 11 rings (SSSR count). The van der Waals surface area contributed by atoms with Crippen LogP contribution < -0.4 is 4.90 Å². The van der Waals surface area contributed by atoms with Crippen LogP contribution in [0.4, 0.5) is 17.1 Å². The first kappa shape index (κ1) is 38.1. The van der Waals surface area contributed by atoms with E-state index in [0.717, 1.165) is 16.9 Å². The Morgan fingerprint density at radius 1 is 0.426 bits per heavy atom. The fourth-order valence-electron chi connectivity index (χ4n) is 11.5. The van der Waals surface area contributed by atoms with Crippen LogP contribution in [0, 0.1) is 0 Å². The van der Waals surface area contributed by atoms with Gasteiger partial charge < -0.3 is 9.32 Å². The van der Waals surface area contributed by atoms with Crippen molar-refractivity contribution in [3.8, 4) is 33.4 Å². The summed E-state index contributed by atoms with van der Waals surface area (Å²) in [5.74, 6) is 0. The molecule has 0 spiro atoms. The minimum atomic E-state index is -0.316. The minimum Gasteiger partial charge on any atom is -0.455 e. The number of nitrogens with zero attached hydrogens (tertiary/aromatic N) is 1. The van der Waals surface area contributed by atoms with Gasteiger partial charge in [0.2, 0.25) is 0 Å². The third kappa shape index (κ3) is 5.14. The highest BCUT2D eigenvalue weighted by molar-refractivity contribution is 6.10. The van der Waals surface area contributed by atoms with Gasteiger partial charge in [0.15, 0.2) is 0 Å². The molecule has 0 saturated carbocycles. The first-order valence-electron chi connectivity index (χ1n) is 22.3. The fourth-order valence-corrected chi connectivity index (χ4v) is 11.5. The van der Waals surface area contributed by atoms with Crippen molar-refractivity contribution < 1.29 is 4.42 Å². The van der Waals surface area contributed by atoms with Crippen molar-refractivity contribution in [2.45, 2.75) is 110 Å². The van der Waals surface area contributed by atoms with E-state index >= 15 is 0 Å². The Balaban J connectivity index is 1.14. The summed E-state index contributed by atoms with van der Waals surface area (Å²) in [6.45, 7) is 28.2. The second-order valence-corrected chi connectivity index (χ2v) is 21.8. The third-order valence-electron chi connectivity index (χ3n) is 14.9. The van der Waals surface area contributed by atoms with Crippen molar-refractivity contribution in [2.24, 2.45) is 0 Å². The van der Waals surface area contributed by atoms with Crippen LogP contribution in [0.5, 0.6) is 0 Å². The van der Waals surface area contributed by atoms with Gasteiger partial charge in [-0.25, -0.2) is 0 Å². The summed E-state index contributed by atoms with van der Waals surface area (Å²) in [5.41, 5.74) is 23.6. The zero-order chi connectivity index (χ0) is 42.8. The molecular weight excluding hydrogens is 739 g/mol. The van der Waals surface area contributed by atoms with Gasteiger partial charge in [-0.15, -0.1) is 0 Å². The zero-order valence-corrected chi connectivity index (χ0v) is 38.0. The second-order valence-electron chi connectivity index (χ2n) is 21.8. The number of hydrogen-bond donors (Lipinski definition) is 0. The maximum Gasteiger partial charge on any atom is 0.140 e. The van der Waals surface area contributed by atoms with Gasteiger partial charge in [-0.3, -0.25) is 0 Å². The Morgan fingerprint density at radius 2 is 0.967 bits per heavy atom. The van der Waals surface area contributed by atoms with Crippen molar-refractivity contribution in [3.05, 3.63) is 172 Å². The van der Waals surface area contributed by atoms with E-state index in [4.69, 9.17) is 4.42 Å². The number of furan rings is 1. The Bertz CT molecular complexity index is 3190. The predicted octanol–water partition coefficient (Wildman–Crippen LogP) is 16.6. The molecule has 0 amide bonds. The highest BCUT2D eigenvalue weighted by Crippen LogP contribution is 2.58. The Kier molecular flexibility index (Phi) is 7.59. The Labute approximate surface area is 362 Å². The molecule has 2 heteroatoms. The average molecular weight is 796 g/mol. The van der Waals surface area contributed by atoms with Gasteiger partial charge in [0, 0.05) is 55.1 Å². The summed E-state index contributed by atoms with van der Waals surface area (Å²) in [5, 5.41) is 2.42. The number of anilines is 3. The number of benzene rings is 7. The highest BCUT2D eigenvalue weighted by atomic mass is 16.3. The number of fused-ring (bicyclic) bond motifs is 13. The second kappa shape index (κ2) is 12.2. The van der Waals surface area contributed by atoms with E-state index < -0.39 is 0 Å². The molecular formula is C59H57NO. The monoisotopic (exact) mass is 795 g/mol. The van der Waals surface area contributed by atoms with Crippen LogP contribution in [0.1, 0.15) is 128 Å². The molecule has 304 valence electrons. The quantitative estimate of drug-likeness (QED) is 0.177. The summed E-state index contributed by atoms with van der Waals surface area (Å²) in [6, 6.07) is 48.8. The van der Waals surface area contributed by atoms with Crippen LogP contribution in [0.25, 0.3) is 55.3 Å². The van der Waals surface area contributed by atoms with Gasteiger partial charge in [0.1, 0.15) is 11.2 Å². The lowest BCUT2D eigenvalue weighted by Crippen LogP contribution is -2.19. The standard InChI is InChI=1S/C59H57NO/c1-55(2,3)34-30-43-41-29-28-40-39-27-25-36(33-48(39)59(11,12)52(40)54(41)61-53(43)49(31-34)56(4,5)6)60(35-24-26-38-37-18-13-15-20-44(37)58(9,10)47(38)32-35)50-23-17-22-46-51(50)42-19-14-16-21-45(42)57(46,7)8/h13-33H,1-12H3. The molecule has 0 N–H and O–H groups in total. The topological polar surface area (TPSA) is 16.4 Å². The number of rotatable bonds is 3. The molecule has 1 heterocycles. The molecule has 0 saturated heterocycles. The third-order valence-corrected chi connectivity index (χ3v) is 14.9. The molecule has 8 aromatic rings. The maximum absolute atomic E-state index is 7.19. The van der Waals surface area contributed by atoms with Crippen molar-refractivity contribution in [1.82, 2.24) is 0 Å². The molecule has 0 atom stereocenters. The van der Waals surface area contributed by atoms with E-state index in [1.807, 2.05) is 0 Å². The molecule has 2 nitrogen and oxygen atoms in total. The summed E-state index contributed by atoms with van der Waals surface area (Å²) < 4.78 is 7.19. The molecule has 3 aliphatic carbocycles. The first-order chi connectivity index (χ1) is 28.8. The molecule has 0 fully saturated rings. The van der Waals surface area contributed by atoms with E-state index in [1.165, 1.54) is 100 Å². The van der Waals surface area contributed by atoms with Crippen molar-refractivity contribution >= 4 is 39.0 Å². The van der Waals surface area contributed by atoms with Crippen LogP contribution in [-0.2, 0) is 27.1 Å². The smallest absolute Gasteiger partial charge is 0.140 e. The Hall–Kier alpha value is -5.86. The van der Waals surface area contributed by atoms with Gasteiger partial charge in [0.25, 0.3) is 0 Å². The van der Waals surface area contributed by atoms with Crippen molar-refractivity contribution in [1.29, 1.82) is 0 Å². The lowest BCUT2D eigenvalue weighted by molar-refractivity contribution is 0.556. The van der Waals surface area contributed by atoms with Crippen LogP contribution in [0.2, 0.25) is 0 Å². The van der Waals surface area contributed by atoms with E-state index in [-0.39, 0.29) is 27.1 Å². The number of hydrogen-bond acceptors (Lipinski definition) is 2. The fraction of sp³-hybridized carbons (Fsp3) is 0.288. The van der Waals surface area contributed by atoms with Gasteiger partial charge >= 0.3 is 0 Å². The van der Waals surface area contributed by atoms with E-state index in [1.54, 1.807) is 0 Å². The van der Waals surface area contributed by atoms with Crippen molar-refractivity contribution in [2.75, 3.05) is 4.90 Å². The highest BCUT2D eigenvalue weighted by Gasteiger charge is 2.42. The van der Waals surface area contributed by atoms with Gasteiger partial charge in [-0.2, -0.15) is 0 Å². The molecule has 61 heavy (non-hydrogen) atoms.